The molecule has 3 aromatic carbocycles. The Kier molecular flexibility index (Phi) is 6.47. The van der Waals surface area contributed by atoms with Crippen molar-refractivity contribution in [2.45, 2.75) is 6.23 Å². The molecule has 4 nitrogen and oxygen atoms in total. The van der Waals surface area contributed by atoms with E-state index in [0.29, 0.717) is 15.7 Å². The van der Waals surface area contributed by atoms with Crippen molar-refractivity contribution >= 4 is 39.9 Å². The number of aliphatic hydroxyl groups is 1. The molecule has 1 amide bonds. The van der Waals surface area contributed by atoms with E-state index in [9.17, 15) is 9.90 Å². The van der Waals surface area contributed by atoms with Crippen LogP contribution in [0.25, 0.3) is 0 Å². The number of benzene rings is 3. The fraction of sp³-hybridized carbons (Fsp3) is 0.136. The highest BCUT2D eigenvalue weighted by Gasteiger charge is 2.19. The number of para-hydroxylation sites is 2. The molecule has 0 aliphatic heterocycles. The van der Waals surface area contributed by atoms with E-state index < -0.39 is 6.23 Å². The normalized spacial score (nSPS) is 11.7. The highest BCUT2D eigenvalue weighted by molar-refractivity contribution is 14.1. The predicted molar refractivity (Wildman–Crippen MR) is 118 cm³/mol. The molecule has 0 saturated heterocycles. The summed E-state index contributed by atoms with van der Waals surface area (Å²) in [5, 5.41) is 10.8. The third kappa shape index (κ3) is 4.48. The maximum Gasteiger partial charge on any atom is 0.258 e. The van der Waals surface area contributed by atoms with Crippen LogP contribution < -0.4 is 9.80 Å². The molecule has 0 aliphatic carbocycles. The van der Waals surface area contributed by atoms with E-state index in [4.69, 9.17) is 0 Å². The Morgan fingerprint density at radius 3 is 2.11 bits per heavy atom. The molecule has 3 aromatic rings. The van der Waals surface area contributed by atoms with Gasteiger partial charge in [-0.1, -0.05) is 71.1 Å². The van der Waals surface area contributed by atoms with E-state index in [1.54, 1.807) is 28.0 Å². The van der Waals surface area contributed by atoms with Crippen molar-refractivity contribution in [1.29, 1.82) is 0 Å². The molecule has 0 aromatic heterocycles. The minimum absolute atomic E-state index is 0.0907. The van der Waals surface area contributed by atoms with Gasteiger partial charge >= 0.3 is 0 Å². The molecule has 5 heteroatoms. The van der Waals surface area contributed by atoms with Crippen LogP contribution >= 0.6 is 22.6 Å². The van der Waals surface area contributed by atoms with Crippen LogP contribution in [-0.2, 0) is 0 Å². The van der Waals surface area contributed by atoms with Crippen molar-refractivity contribution in [3.63, 3.8) is 0 Å². The number of amides is 1. The number of anilines is 2. The lowest BCUT2D eigenvalue weighted by molar-refractivity contribution is 0.0992. The molecule has 1 N–H and O–H groups in total. The number of nitrogens with zero attached hydrogens (tertiary/aromatic N) is 2. The summed E-state index contributed by atoms with van der Waals surface area (Å²) >= 11 is 2.18. The predicted octanol–water partition coefficient (Wildman–Crippen LogP) is 4.85. The van der Waals surface area contributed by atoms with E-state index in [1.165, 1.54) is 0 Å². The smallest absolute Gasteiger partial charge is 0.258 e. The number of carbonyl (C=O) groups excluding carboxylic acids is 1. The van der Waals surface area contributed by atoms with Crippen LogP contribution in [0.1, 0.15) is 22.1 Å². The second-order valence-electron chi connectivity index (χ2n) is 6.13. The molecule has 0 spiro atoms. The maximum absolute atomic E-state index is 13.0. The molecule has 0 aliphatic rings. The van der Waals surface area contributed by atoms with Crippen LogP contribution in [0.15, 0.2) is 84.9 Å². The first kappa shape index (κ1) is 19.4. The average molecular weight is 472 g/mol. The Balaban J connectivity index is 1.85. The molecule has 0 radical (unpaired) electrons. The lowest BCUT2D eigenvalue weighted by Crippen LogP contribution is -2.30. The van der Waals surface area contributed by atoms with E-state index >= 15 is 0 Å². The van der Waals surface area contributed by atoms with Crippen molar-refractivity contribution in [3.8, 4) is 0 Å². The molecular weight excluding hydrogens is 451 g/mol. The first-order chi connectivity index (χ1) is 13.1. The molecule has 138 valence electrons. The standard InChI is InChI=1S/C22H21IN2O2/c1-24(19-11-4-2-5-12-19)21(26)17-9-8-10-18(15-17)22(27)25(16-23)20-13-6-3-7-14-20/h2-15,21,26H,16H2,1H3. The van der Waals surface area contributed by atoms with Crippen molar-refractivity contribution in [3.05, 3.63) is 96.1 Å². The Morgan fingerprint density at radius 2 is 1.52 bits per heavy atom. The van der Waals surface area contributed by atoms with Crippen LogP contribution in [0.4, 0.5) is 11.4 Å². The van der Waals surface area contributed by atoms with Gasteiger partial charge in [0.1, 0.15) is 0 Å². The minimum atomic E-state index is -0.843. The van der Waals surface area contributed by atoms with Crippen molar-refractivity contribution < 1.29 is 9.90 Å². The summed E-state index contributed by atoms with van der Waals surface area (Å²) < 4.78 is 0.539. The Bertz CT molecular complexity index is 887. The summed E-state index contributed by atoms with van der Waals surface area (Å²) in [4.78, 5) is 16.5. The molecule has 3 rings (SSSR count). The number of alkyl halides is 1. The largest absolute Gasteiger partial charge is 0.369 e. The molecule has 1 unspecified atom stereocenters. The van der Waals surface area contributed by atoms with Crippen LogP contribution in [0.3, 0.4) is 0 Å². The molecule has 1 atom stereocenters. The second-order valence-corrected chi connectivity index (χ2v) is 6.82. The third-order valence-electron chi connectivity index (χ3n) is 4.39. The van der Waals surface area contributed by atoms with Crippen molar-refractivity contribution in [2.75, 3.05) is 21.4 Å². The van der Waals surface area contributed by atoms with E-state index in [2.05, 4.69) is 22.6 Å². The first-order valence-corrected chi connectivity index (χ1v) is 10.1. The van der Waals surface area contributed by atoms with Gasteiger partial charge < -0.3 is 10.0 Å². The number of halogens is 1. The van der Waals surface area contributed by atoms with Crippen LogP contribution in [0.5, 0.6) is 0 Å². The summed E-state index contributed by atoms with van der Waals surface area (Å²) in [6.07, 6.45) is -0.843. The van der Waals surface area contributed by atoms with Crippen LogP contribution in [-0.4, -0.2) is 22.6 Å². The number of rotatable bonds is 6. The zero-order valence-corrected chi connectivity index (χ0v) is 17.2. The van der Waals surface area contributed by atoms with Gasteiger partial charge in [0, 0.05) is 29.5 Å². The highest BCUT2D eigenvalue weighted by Crippen LogP contribution is 2.25. The number of aliphatic hydroxyl groups excluding tert-OH is 1. The molecule has 0 saturated carbocycles. The SMILES string of the molecule is CN(c1ccccc1)C(O)c1cccc(C(=O)N(CI)c2ccccc2)c1. The van der Waals surface area contributed by atoms with E-state index in [1.807, 2.05) is 73.8 Å². The van der Waals surface area contributed by atoms with Gasteiger partial charge in [0.25, 0.3) is 5.91 Å². The molecule has 0 bridgehead atoms. The van der Waals surface area contributed by atoms with Gasteiger partial charge in [-0.15, -0.1) is 0 Å². The fourth-order valence-electron chi connectivity index (χ4n) is 2.86. The molecule has 0 fully saturated rings. The zero-order chi connectivity index (χ0) is 19.2. The third-order valence-corrected chi connectivity index (χ3v) is 5.08. The first-order valence-electron chi connectivity index (χ1n) is 8.60. The lowest BCUT2D eigenvalue weighted by atomic mass is 10.1. The molecule has 27 heavy (non-hydrogen) atoms. The monoisotopic (exact) mass is 472 g/mol. The lowest BCUT2D eigenvalue weighted by Gasteiger charge is -2.26. The van der Waals surface area contributed by atoms with Crippen molar-refractivity contribution in [1.82, 2.24) is 0 Å². The number of hydrogen-bond donors (Lipinski definition) is 1. The summed E-state index contributed by atoms with van der Waals surface area (Å²) in [7, 11) is 1.83. The van der Waals surface area contributed by atoms with Gasteiger partial charge in [-0.3, -0.25) is 9.69 Å². The van der Waals surface area contributed by atoms with E-state index in [-0.39, 0.29) is 5.91 Å². The topological polar surface area (TPSA) is 43.8 Å². The summed E-state index contributed by atoms with van der Waals surface area (Å²) in [5.74, 6) is -0.0907. The Labute approximate surface area is 173 Å². The van der Waals surface area contributed by atoms with Gasteiger partial charge in [0.05, 0.1) is 4.55 Å². The maximum atomic E-state index is 13.0. The number of carbonyl (C=O) groups is 1. The van der Waals surface area contributed by atoms with Gasteiger partial charge in [-0.2, -0.15) is 0 Å². The van der Waals surface area contributed by atoms with Gasteiger partial charge in [0.15, 0.2) is 6.23 Å². The number of hydrogen-bond acceptors (Lipinski definition) is 3. The highest BCUT2D eigenvalue weighted by atomic mass is 127. The Hall–Kier alpha value is -2.38. The van der Waals surface area contributed by atoms with Crippen LogP contribution in [0.2, 0.25) is 0 Å². The van der Waals surface area contributed by atoms with Crippen LogP contribution in [0, 0.1) is 0 Å². The summed E-state index contributed by atoms with van der Waals surface area (Å²) in [6, 6.07) is 26.4. The minimum Gasteiger partial charge on any atom is -0.369 e. The molecular formula is C22H21IN2O2. The zero-order valence-electron chi connectivity index (χ0n) is 15.0. The average Bonchev–Trinajstić information content (AvgIpc) is 2.74. The molecule has 0 heterocycles. The quantitative estimate of drug-likeness (QED) is 0.242. The second kappa shape index (κ2) is 9.01. The summed E-state index contributed by atoms with van der Waals surface area (Å²) in [6.45, 7) is 0. The van der Waals surface area contributed by atoms with Gasteiger partial charge in [-0.05, 0) is 36.4 Å². The summed E-state index contributed by atoms with van der Waals surface area (Å²) in [5.41, 5.74) is 2.98. The fourth-order valence-corrected chi connectivity index (χ4v) is 3.57. The van der Waals surface area contributed by atoms with E-state index in [0.717, 1.165) is 11.4 Å². The van der Waals surface area contributed by atoms with Crippen molar-refractivity contribution in [2.24, 2.45) is 0 Å². The van der Waals surface area contributed by atoms with Gasteiger partial charge in [-0.25, -0.2) is 0 Å². The van der Waals surface area contributed by atoms with Gasteiger partial charge in [0.2, 0.25) is 0 Å². The Morgan fingerprint density at radius 1 is 0.926 bits per heavy atom.